The lowest BCUT2D eigenvalue weighted by atomic mass is 9.85. The average Bonchev–Trinajstić information content (AvgIpc) is 3.37. The number of carbonyl (C=O) groups is 3. The van der Waals surface area contributed by atoms with Gasteiger partial charge in [0.25, 0.3) is 0 Å². The number of carbonyl (C=O) groups excluding carboxylic acids is 3. The Balaban J connectivity index is 1.57. The van der Waals surface area contributed by atoms with Gasteiger partial charge in [0.1, 0.15) is 5.82 Å². The summed E-state index contributed by atoms with van der Waals surface area (Å²) in [6.45, 7) is 0.647. The second-order valence-electron chi connectivity index (χ2n) is 7.90. The molecule has 2 amide bonds. The van der Waals surface area contributed by atoms with Gasteiger partial charge in [-0.3, -0.25) is 19.3 Å². The molecule has 0 aromatic heterocycles. The van der Waals surface area contributed by atoms with E-state index in [1.54, 1.807) is 18.2 Å². The molecule has 8 heteroatoms. The Labute approximate surface area is 182 Å². The lowest BCUT2D eigenvalue weighted by molar-refractivity contribution is -0.123. The molecule has 0 N–H and O–H groups in total. The fourth-order valence-electron chi connectivity index (χ4n) is 5.20. The zero-order chi connectivity index (χ0) is 21.2. The first-order valence-corrected chi connectivity index (χ1v) is 10.5. The van der Waals surface area contributed by atoms with E-state index in [-0.39, 0.29) is 33.5 Å². The lowest BCUT2D eigenvalue weighted by Crippen LogP contribution is -2.46. The minimum absolute atomic E-state index is 0.130. The van der Waals surface area contributed by atoms with E-state index in [4.69, 9.17) is 23.2 Å². The summed E-state index contributed by atoms with van der Waals surface area (Å²) >= 11 is 12.4. The minimum atomic E-state index is -0.796. The highest BCUT2D eigenvalue weighted by atomic mass is 35.5. The maximum atomic E-state index is 13.5. The molecule has 4 atom stereocenters. The van der Waals surface area contributed by atoms with Crippen molar-refractivity contribution in [3.05, 3.63) is 63.9 Å². The molecule has 5 nitrogen and oxygen atoms in total. The molecule has 3 saturated heterocycles. The molecule has 0 saturated carbocycles. The second kappa shape index (κ2) is 7.15. The van der Waals surface area contributed by atoms with Crippen LogP contribution in [0.1, 0.15) is 23.2 Å². The van der Waals surface area contributed by atoms with Crippen molar-refractivity contribution in [2.75, 3.05) is 11.4 Å². The van der Waals surface area contributed by atoms with E-state index < -0.39 is 29.6 Å². The zero-order valence-electron chi connectivity index (χ0n) is 15.7. The van der Waals surface area contributed by atoms with Gasteiger partial charge in [0.2, 0.25) is 11.8 Å². The van der Waals surface area contributed by atoms with Gasteiger partial charge in [0.15, 0.2) is 5.78 Å². The van der Waals surface area contributed by atoms with Crippen molar-refractivity contribution in [1.82, 2.24) is 4.90 Å². The van der Waals surface area contributed by atoms with E-state index in [1.807, 2.05) is 4.90 Å². The Morgan fingerprint density at radius 1 is 1.00 bits per heavy atom. The Hall–Kier alpha value is -2.28. The first-order chi connectivity index (χ1) is 14.4. The molecular formula is C22H17Cl2FN2O3. The number of hydrogen-bond acceptors (Lipinski definition) is 4. The Bertz CT molecular complexity index is 1070. The fraction of sp³-hybridized carbons (Fsp3) is 0.318. The first-order valence-electron chi connectivity index (χ1n) is 9.77. The van der Waals surface area contributed by atoms with Crippen LogP contribution in [0.15, 0.2) is 42.5 Å². The highest BCUT2D eigenvalue weighted by Gasteiger charge is 2.64. The fourth-order valence-corrected chi connectivity index (χ4v) is 5.58. The highest BCUT2D eigenvalue weighted by molar-refractivity contribution is 6.45. The van der Waals surface area contributed by atoms with Crippen LogP contribution in [-0.4, -0.2) is 41.1 Å². The molecule has 0 bridgehead atoms. The van der Waals surface area contributed by atoms with E-state index in [9.17, 15) is 18.8 Å². The number of fused-ring (bicyclic) bond motifs is 3. The molecule has 5 rings (SSSR count). The molecule has 0 aliphatic carbocycles. The van der Waals surface area contributed by atoms with Crippen LogP contribution in [0.3, 0.4) is 0 Å². The van der Waals surface area contributed by atoms with Crippen molar-refractivity contribution in [1.29, 1.82) is 0 Å². The van der Waals surface area contributed by atoms with Crippen LogP contribution >= 0.6 is 23.2 Å². The largest absolute Gasteiger partial charge is 0.292 e. The molecule has 154 valence electrons. The number of ketones is 1. The van der Waals surface area contributed by atoms with Crippen molar-refractivity contribution in [2.45, 2.75) is 24.9 Å². The third-order valence-corrected chi connectivity index (χ3v) is 7.23. The summed E-state index contributed by atoms with van der Waals surface area (Å²) in [6.07, 6.45) is 1.59. The maximum Gasteiger partial charge on any atom is 0.239 e. The van der Waals surface area contributed by atoms with Crippen molar-refractivity contribution >= 4 is 46.5 Å². The number of nitrogens with zero attached hydrogens (tertiary/aromatic N) is 2. The second-order valence-corrected chi connectivity index (χ2v) is 8.68. The molecule has 0 spiro atoms. The van der Waals surface area contributed by atoms with Gasteiger partial charge < -0.3 is 0 Å². The standard InChI is InChI=1S/C22H17Cl2FN2O3/c23-13-3-1-4-15(18(13)24)27-21(29)16-14-5-2-10-26(14)19(17(16)22(27)30)20(28)11-6-8-12(25)9-7-11/h1,3-4,6-9,14,16-17,19H,2,5,10H2/t14-,16+,17+,19-/m0/s1. The number of amides is 2. The van der Waals surface area contributed by atoms with Crippen molar-refractivity contribution < 1.29 is 18.8 Å². The SMILES string of the molecule is O=C(c1ccc(F)cc1)[C@@H]1[C@@H]2C(=O)N(c3cccc(Cl)c3Cl)C(=O)[C@@H]2[C@@H]2CCCN12. The molecule has 3 heterocycles. The number of rotatable bonds is 3. The zero-order valence-corrected chi connectivity index (χ0v) is 17.2. The Kier molecular flexibility index (Phi) is 4.69. The topological polar surface area (TPSA) is 57.7 Å². The van der Waals surface area contributed by atoms with E-state index in [0.29, 0.717) is 12.1 Å². The van der Waals surface area contributed by atoms with Crippen LogP contribution < -0.4 is 4.90 Å². The normalized spacial score (nSPS) is 28.2. The molecule has 30 heavy (non-hydrogen) atoms. The summed E-state index contributed by atoms with van der Waals surface area (Å²) in [6, 6.07) is 9.14. The number of benzene rings is 2. The number of imide groups is 1. The number of halogens is 3. The van der Waals surface area contributed by atoms with E-state index >= 15 is 0 Å². The summed E-state index contributed by atoms with van der Waals surface area (Å²) in [5.74, 6) is -2.90. The molecule has 2 aromatic carbocycles. The predicted octanol–water partition coefficient (Wildman–Crippen LogP) is 3.97. The van der Waals surface area contributed by atoms with Gasteiger partial charge in [-0.15, -0.1) is 0 Å². The summed E-state index contributed by atoms with van der Waals surface area (Å²) < 4.78 is 13.3. The summed E-state index contributed by atoms with van der Waals surface area (Å²) in [5, 5.41) is 0.374. The van der Waals surface area contributed by atoms with Gasteiger partial charge in [-0.25, -0.2) is 9.29 Å². The molecular weight excluding hydrogens is 430 g/mol. The van der Waals surface area contributed by atoms with E-state index in [0.717, 1.165) is 17.7 Å². The molecule has 3 aliphatic heterocycles. The van der Waals surface area contributed by atoms with Gasteiger partial charge in [0, 0.05) is 11.6 Å². The van der Waals surface area contributed by atoms with Gasteiger partial charge in [-0.2, -0.15) is 0 Å². The summed E-state index contributed by atoms with van der Waals surface area (Å²) in [5.41, 5.74) is 0.568. The van der Waals surface area contributed by atoms with Crippen LogP contribution in [0.4, 0.5) is 10.1 Å². The van der Waals surface area contributed by atoms with E-state index in [2.05, 4.69) is 0 Å². The van der Waals surface area contributed by atoms with Crippen LogP contribution in [0, 0.1) is 17.7 Å². The smallest absolute Gasteiger partial charge is 0.239 e. The predicted molar refractivity (Wildman–Crippen MR) is 110 cm³/mol. The van der Waals surface area contributed by atoms with Crippen LogP contribution in [0.25, 0.3) is 0 Å². The van der Waals surface area contributed by atoms with Crippen LogP contribution in [0.2, 0.25) is 10.0 Å². The highest BCUT2D eigenvalue weighted by Crippen LogP contribution is 2.49. The molecule has 2 aromatic rings. The molecule has 0 unspecified atom stereocenters. The molecule has 0 radical (unpaired) electrons. The third kappa shape index (κ3) is 2.74. The number of Topliss-reactive ketones (excluding diaryl/α,β-unsaturated/α-hetero) is 1. The van der Waals surface area contributed by atoms with E-state index in [1.165, 1.54) is 24.3 Å². The summed E-state index contributed by atoms with van der Waals surface area (Å²) in [4.78, 5) is 43.3. The third-order valence-electron chi connectivity index (χ3n) is 6.42. The molecule has 3 fully saturated rings. The minimum Gasteiger partial charge on any atom is -0.292 e. The monoisotopic (exact) mass is 446 g/mol. The quantitative estimate of drug-likeness (QED) is 0.528. The van der Waals surface area contributed by atoms with Gasteiger partial charge >= 0.3 is 0 Å². The summed E-state index contributed by atoms with van der Waals surface area (Å²) in [7, 11) is 0. The average molecular weight is 447 g/mol. The van der Waals surface area contributed by atoms with Gasteiger partial charge in [0.05, 0.1) is 33.6 Å². The maximum absolute atomic E-state index is 13.5. The number of anilines is 1. The first kappa shape index (κ1) is 19.7. The van der Waals surface area contributed by atoms with Gasteiger partial charge in [-0.1, -0.05) is 29.3 Å². The van der Waals surface area contributed by atoms with Gasteiger partial charge in [-0.05, 0) is 55.8 Å². The van der Waals surface area contributed by atoms with Crippen LogP contribution in [-0.2, 0) is 9.59 Å². The van der Waals surface area contributed by atoms with Crippen molar-refractivity contribution in [2.24, 2.45) is 11.8 Å². The Morgan fingerprint density at radius 3 is 2.43 bits per heavy atom. The Morgan fingerprint density at radius 2 is 1.70 bits per heavy atom. The van der Waals surface area contributed by atoms with Crippen LogP contribution in [0.5, 0.6) is 0 Å². The van der Waals surface area contributed by atoms with Crippen molar-refractivity contribution in [3.63, 3.8) is 0 Å². The lowest BCUT2D eigenvalue weighted by Gasteiger charge is -2.27. The number of hydrogen-bond donors (Lipinski definition) is 0. The van der Waals surface area contributed by atoms with Crippen molar-refractivity contribution in [3.8, 4) is 0 Å². The molecule has 3 aliphatic rings.